The van der Waals surface area contributed by atoms with E-state index in [1.165, 1.54) is 16.7 Å². The molecular weight excluding hydrogens is 388 g/mol. The Labute approximate surface area is 186 Å². The van der Waals surface area contributed by atoms with Crippen molar-refractivity contribution in [2.24, 2.45) is 4.99 Å². The number of rotatable bonds is 7. The number of methoxy groups -OCH3 is 1. The summed E-state index contributed by atoms with van der Waals surface area (Å²) in [4.78, 5) is 6.86. The van der Waals surface area contributed by atoms with Gasteiger partial charge in [-0.1, -0.05) is 36.4 Å². The molecule has 6 nitrogen and oxygen atoms in total. The van der Waals surface area contributed by atoms with Crippen molar-refractivity contribution in [2.75, 3.05) is 27.2 Å². The van der Waals surface area contributed by atoms with Crippen LogP contribution in [0.15, 0.2) is 47.5 Å². The lowest BCUT2D eigenvalue weighted by molar-refractivity contribution is -0.0705. The second kappa shape index (κ2) is 11.2. The maximum Gasteiger partial charge on any atom is 0.191 e. The first-order chi connectivity index (χ1) is 15.0. The van der Waals surface area contributed by atoms with E-state index in [1.807, 2.05) is 0 Å². The molecule has 0 radical (unpaired) electrons. The summed E-state index contributed by atoms with van der Waals surface area (Å²) in [6.45, 7) is 10.6. The first kappa shape index (κ1) is 23.1. The Balaban J connectivity index is 1.58. The first-order valence-electron chi connectivity index (χ1n) is 11.0. The molecule has 2 atom stereocenters. The van der Waals surface area contributed by atoms with Gasteiger partial charge in [0.05, 0.1) is 19.3 Å². The van der Waals surface area contributed by atoms with Crippen LogP contribution in [0.3, 0.4) is 0 Å². The van der Waals surface area contributed by atoms with Gasteiger partial charge in [0.25, 0.3) is 0 Å². The highest BCUT2D eigenvalue weighted by atomic mass is 16.5. The summed E-state index contributed by atoms with van der Waals surface area (Å²) in [6.07, 6.45) is 0.548. The Morgan fingerprint density at radius 1 is 1.03 bits per heavy atom. The van der Waals surface area contributed by atoms with Crippen molar-refractivity contribution in [3.63, 3.8) is 0 Å². The van der Waals surface area contributed by atoms with E-state index in [-0.39, 0.29) is 12.2 Å². The van der Waals surface area contributed by atoms with Crippen LogP contribution >= 0.6 is 0 Å². The number of hydrogen-bond acceptors (Lipinski definition) is 4. The zero-order valence-electron chi connectivity index (χ0n) is 19.4. The van der Waals surface area contributed by atoms with Crippen LogP contribution in [0.4, 0.5) is 0 Å². The SMILES string of the molecule is CN=C(NCc1ccccc1CN1CC(C)OC(C)C1)NCc1ccc(C)cc1OC. The molecule has 168 valence electrons. The van der Waals surface area contributed by atoms with E-state index in [0.717, 1.165) is 43.5 Å². The molecule has 2 unspecified atom stereocenters. The number of ether oxygens (including phenoxy) is 2. The molecule has 1 heterocycles. The molecule has 2 aromatic carbocycles. The average molecular weight is 425 g/mol. The number of nitrogens with zero attached hydrogens (tertiary/aromatic N) is 2. The van der Waals surface area contributed by atoms with Crippen molar-refractivity contribution in [3.05, 3.63) is 64.7 Å². The Morgan fingerprint density at radius 3 is 2.32 bits per heavy atom. The number of hydrogen-bond donors (Lipinski definition) is 2. The van der Waals surface area contributed by atoms with Gasteiger partial charge in [0.1, 0.15) is 5.75 Å². The van der Waals surface area contributed by atoms with Gasteiger partial charge in [0.2, 0.25) is 0 Å². The molecule has 0 saturated carbocycles. The van der Waals surface area contributed by atoms with E-state index in [2.05, 4.69) is 83.8 Å². The highest BCUT2D eigenvalue weighted by molar-refractivity contribution is 5.79. The molecule has 6 heteroatoms. The van der Waals surface area contributed by atoms with Gasteiger partial charge in [0, 0.05) is 45.3 Å². The zero-order valence-corrected chi connectivity index (χ0v) is 19.4. The van der Waals surface area contributed by atoms with Gasteiger partial charge < -0.3 is 20.1 Å². The van der Waals surface area contributed by atoms with Crippen LogP contribution in [0.2, 0.25) is 0 Å². The van der Waals surface area contributed by atoms with Gasteiger partial charge in [-0.05, 0) is 43.5 Å². The highest BCUT2D eigenvalue weighted by Crippen LogP contribution is 2.20. The van der Waals surface area contributed by atoms with Crippen LogP contribution in [0.25, 0.3) is 0 Å². The third-order valence-electron chi connectivity index (χ3n) is 5.57. The van der Waals surface area contributed by atoms with Crippen molar-refractivity contribution in [3.8, 4) is 5.75 Å². The molecule has 0 aromatic heterocycles. The highest BCUT2D eigenvalue weighted by Gasteiger charge is 2.22. The molecule has 0 bridgehead atoms. The summed E-state index contributed by atoms with van der Waals surface area (Å²) < 4.78 is 11.4. The van der Waals surface area contributed by atoms with Crippen molar-refractivity contribution in [1.29, 1.82) is 0 Å². The van der Waals surface area contributed by atoms with Gasteiger partial charge in [-0.15, -0.1) is 0 Å². The number of guanidine groups is 1. The third kappa shape index (κ3) is 6.71. The van der Waals surface area contributed by atoms with Crippen LogP contribution in [0.5, 0.6) is 5.75 Å². The van der Waals surface area contributed by atoms with Crippen LogP contribution in [0.1, 0.15) is 36.1 Å². The van der Waals surface area contributed by atoms with Gasteiger partial charge in [-0.3, -0.25) is 9.89 Å². The second-order valence-corrected chi connectivity index (χ2v) is 8.31. The first-order valence-corrected chi connectivity index (χ1v) is 11.0. The van der Waals surface area contributed by atoms with Crippen LogP contribution < -0.4 is 15.4 Å². The van der Waals surface area contributed by atoms with Gasteiger partial charge >= 0.3 is 0 Å². The summed E-state index contributed by atoms with van der Waals surface area (Å²) >= 11 is 0. The fourth-order valence-corrected chi connectivity index (χ4v) is 4.11. The standard InChI is InChI=1S/C25H36N4O2/c1-18-10-11-22(24(12-18)30-5)14-28-25(26-4)27-13-21-8-6-7-9-23(21)17-29-15-19(2)31-20(3)16-29/h6-12,19-20H,13-17H2,1-5H3,(H2,26,27,28). The minimum absolute atomic E-state index is 0.274. The van der Waals surface area contributed by atoms with Crippen molar-refractivity contribution < 1.29 is 9.47 Å². The van der Waals surface area contributed by atoms with Gasteiger partial charge in [-0.25, -0.2) is 0 Å². The maximum atomic E-state index is 5.88. The van der Waals surface area contributed by atoms with E-state index >= 15 is 0 Å². The molecule has 0 aliphatic carbocycles. The summed E-state index contributed by atoms with van der Waals surface area (Å²) in [7, 11) is 3.50. The Morgan fingerprint density at radius 2 is 1.68 bits per heavy atom. The van der Waals surface area contributed by atoms with Crippen molar-refractivity contribution >= 4 is 5.96 Å². The molecular formula is C25H36N4O2. The Kier molecular flexibility index (Phi) is 8.32. The molecule has 1 aliphatic rings. The van der Waals surface area contributed by atoms with E-state index in [0.29, 0.717) is 6.54 Å². The van der Waals surface area contributed by atoms with Gasteiger partial charge in [-0.2, -0.15) is 0 Å². The molecule has 0 amide bonds. The molecule has 1 saturated heterocycles. The molecule has 2 N–H and O–H groups in total. The van der Waals surface area contributed by atoms with Crippen molar-refractivity contribution in [1.82, 2.24) is 15.5 Å². The predicted octanol–water partition coefficient (Wildman–Crippen LogP) is 3.48. The summed E-state index contributed by atoms with van der Waals surface area (Å²) in [6, 6.07) is 14.9. The minimum Gasteiger partial charge on any atom is -0.496 e. The van der Waals surface area contributed by atoms with Crippen LogP contribution in [-0.4, -0.2) is 50.3 Å². The lowest BCUT2D eigenvalue weighted by Crippen LogP contribution is -2.45. The summed E-state index contributed by atoms with van der Waals surface area (Å²) in [5.74, 6) is 1.66. The lowest BCUT2D eigenvalue weighted by atomic mass is 10.1. The van der Waals surface area contributed by atoms with E-state index in [4.69, 9.17) is 9.47 Å². The largest absolute Gasteiger partial charge is 0.496 e. The molecule has 1 aliphatic heterocycles. The number of morpholine rings is 1. The number of nitrogens with one attached hydrogen (secondary N) is 2. The molecule has 3 rings (SSSR count). The number of benzene rings is 2. The van der Waals surface area contributed by atoms with E-state index < -0.39 is 0 Å². The quantitative estimate of drug-likeness (QED) is 0.526. The van der Waals surface area contributed by atoms with Gasteiger partial charge in [0.15, 0.2) is 5.96 Å². The predicted molar refractivity (Wildman–Crippen MR) is 126 cm³/mol. The fraction of sp³-hybridized carbons (Fsp3) is 0.480. The average Bonchev–Trinajstić information content (AvgIpc) is 2.74. The Bertz CT molecular complexity index is 874. The fourth-order valence-electron chi connectivity index (χ4n) is 4.11. The topological polar surface area (TPSA) is 58.1 Å². The zero-order chi connectivity index (χ0) is 22.2. The smallest absolute Gasteiger partial charge is 0.191 e. The lowest BCUT2D eigenvalue weighted by Gasteiger charge is -2.35. The summed E-state index contributed by atoms with van der Waals surface area (Å²) in [5.41, 5.74) is 4.91. The number of aryl methyl sites for hydroxylation is 1. The maximum absolute atomic E-state index is 5.88. The second-order valence-electron chi connectivity index (χ2n) is 8.31. The molecule has 1 fully saturated rings. The normalized spacial score (nSPS) is 19.8. The van der Waals surface area contributed by atoms with Crippen LogP contribution in [0, 0.1) is 6.92 Å². The molecule has 2 aromatic rings. The van der Waals surface area contributed by atoms with Crippen LogP contribution in [-0.2, 0) is 24.4 Å². The monoisotopic (exact) mass is 424 g/mol. The molecule has 31 heavy (non-hydrogen) atoms. The number of aliphatic imine (C=N–C) groups is 1. The molecule has 0 spiro atoms. The summed E-state index contributed by atoms with van der Waals surface area (Å²) in [5, 5.41) is 6.85. The third-order valence-corrected chi connectivity index (χ3v) is 5.57. The van der Waals surface area contributed by atoms with Crippen molar-refractivity contribution in [2.45, 2.75) is 52.6 Å². The Hall–Kier alpha value is -2.57. The minimum atomic E-state index is 0.274. The van der Waals surface area contributed by atoms with E-state index in [9.17, 15) is 0 Å². The van der Waals surface area contributed by atoms with E-state index in [1.54, 1.807) is 14.2 Å².